The molecule has 0 unspecified atom stereocenters. The zero-order valence-electron chi connectivity index (χ0n) is 23.3. The van der Waals surface area contributed by atoms with Gasteiger partial charge < -0.3 is 9.47 Å². The highest BCUT2D eigenvalue weighted by Crippen LogP contribution is 2.40. The van der Waals surface area contributed by atoms with Crippen molar-refractivity contribution in [3.63, 3.8) is 0 Å². The van der Waals surface area contributed by atoms with Gasteiger partial charge in [-0.15, -0.1) is 13.2 Å². The van der Waals surface area contributed by atoms with Crippen molar-refractivity contribution in [3.8, 4) is 34.5 Å². The first-order valence-electron chi connectivity index (χ1n) is 13.2. The molecule has 0 aliphatic rings. The van der Waals surface area contributed by atoms with Gasteiger partial charge in [0, 0.05) is 30.1 Å². The Morgan fingerprint density at radius 3 is 1.76 bits per heavy atom. The molecule has 0 fully saturated rings. The van der Waals surface area contributed by atoms with Crippen molar-refractivity contribution >= 4 is 0 Å². The highest BCUT2D eigenvalue weighted by Gasteiger charge is 2.42. The quantitative estimate of drug-likeness (QED) is 0.102. The summed E-state index contributed by atoms with van der Waals surface area (Å²) in [5, 5.41) is 0. The van der Waals surface area contributed by atoms with Gasteiger partial charge in [0.2, 0.25) is 11.6 Å². The normalized spacial score (nSPS) is 11.7. The van der Waals surface area contributed by atoms with Gasteiger partial charge in [-0.25, -0.2) is 36.3 Å². The lowest BCUT2D eigenvalue weighted by Crippen LogP contribution is -2.25. The van der Waals surface area contributed by atoms with E-state index in [2.05, 4.69) is 38.2 Å². The molecule has 4 nitrogen and oxygen atoms in total. The van der Waals surface area contributed by atoms with Crippen LogP contribution in [-0.2, 0) is 12.5 Å². The molecule has 15 heteroatoms. The number of hydrogen-bond acceptors (Lipinski definition) is 4. The van der Waals surface area contributed by atoms with E-state index in [9.17, 15) is 48.3 Å². The first-order valence-corrected chi connectivity index (χ1v) is 13.2. The van der Waals surface area contributed by atoms with Crippen LogP contribution in [0.2, 0.25) is 0 Å². The van der Waals surface area contributed by atoms with Gasteiger partial charge in [0.15, 0.2) is 11.6 Å². The first kappa shape index (κ1) is 34.0. The largest absolute Gasteiger partial charge is 0.573 e. The molecule has 46 heavy (non-hydrogen) atoms. The number of rotatable bonds is 9. The van der Waals surface area contributed by atoms with Crippen LogP contribution in [-0.4, -0.2) is 16.3 Å². The smallest absolute Gasteiger partial charge is 0.429 e. The molecule has 0 amide bonds. The summed E-state index contributed by atoms with van der Waals surface area (Å²) in [6, 6.07) is 1.46. The van der Waals surface area contributed by atoms with Gasteiger partial charge in [0.05, 0.1) is 5.56 Å². The summed E-state index contributed by atoms with van der Waals surface area (Å²) in [6.45, 7) is 2.06. The number of hydrogen-bond donors (Lipinski definition) is 0. The van der Waals surface area contributed by atoms with Crippen LogP contribution in [0.4, 0.5) is 48.3 Å². The number of unbranched alkanes of at least 4 members (excludes halogenated alkanes) is 2. The fourth-order valence-corrected chi connectivity index (χ4v) is 4.18. The summed E-state index contributed by atoms with van der Waals surface area (Å²) in [5.41, 5.74) is -3.31. The van der Waals surface area contributed by atoms with Crippen molar-refractivity contribution in [2.24, 2.45) is 0 Å². The topological polar surface area (TPSA) is 44.2 Å². The number of benzene rings is 3. The first-order chi connectivity index (χ1) is 21.6. The predicted molar refractivity (Wildman–Crippen MR) is 141 cm³/mol. The Balaban J connectivity index is 1.57. The molecule has 4 rings (SSSR count). The lowest BCUT2D eigenvalue weighted by molar-refractivity contribution is -0.276. The molecular formula is C31H19F11N2O2. The van der Waals surface area contributed by atoms with Crippen LogP contribution in [0.25, 0.3) is 11.1 Å². The summed E-state index contributed by atoms with van der Waals surface area (Å²) in [4.78, 5) is 8.14. The molecule has 0 radical (unpaired) electrons. The maximum absolute atomic E-state index is 14.9. The fourth-order valence-electron chi connectivity index (χ4n) is 4.18. The van der Waals surface area contributed by atoms with E-state index in [1.54, 1.807) is 12.4 Å². The van der Waals surface area contributed by atoms with Gasteiger partial charge >= 0.3 is 12.5 Å². The van der Waals surface area contributed by atoms with E-state index in [1.165, 1.54) is 0 Å². The lowest BCUT2D eigenvalue weighted by atomic mass is 9.99. The SMILES string of the molecule is CCCCCc1cnc(C#Cc2cc(F)c(-c3cc(F)c(C(F)(F)Oc4cc(F)c(OC(F)(F)F)c(F)c4)c(F)c3)c(F)c2)nc1. The zero-order chi connectivity index (χ0) is 33.8. The third-order valence-electron chi connectivity index (χ3n) is 6.19. The van der Waals surface area contributed by atoms with Gasteiger partial charge in [-0.2, -0.15) is 8.78 Å². The van der Waals surface area contributed by atoms with E-state index in [0.29, 0.717) is 0 Å². The van der Waals surface area contributed by atoms with Crippen molar-refractivity contribution < 1.29 is 57.8 Å². The van der Waals surface area contributed by atoms with Crippen LogP contribution in [0.15, 0.2) is 48.8 Å². The van der Waals surface area contributed by atoms with E-state index in [0.717, 1.165) is 43.4 Å². The van der Waals surface area contributed by atoms with E-state index < -0.39 is 75.6 Å². The molecule has 0 atom stereocenters. The summed E-state index contributed by atoms with van der Waals surface area (Å²) in [5.74, 6) is -9.58. The van der Waals surface area contributed by atoms with Gasteiger partial charge in [-0.1, -0.05) is 25.7 Å². The van der Waals surface area contributed by atoms with E-state index in [4.69, 9.17) is 0 Å². The Morgan fingerprint density at radius 1 is 0.674 bits per heavy atom. The lowest BCUT2D eigenvalue weighted by Gasteiger charge is -2.21. The van der Waals surface area contributed by atoms with Gasteiger partial charge in [0.1, 0.15) is 34.6 Å². The number of nitrogens with zero attached hydrogens (tertiary/aromatic N) is 2. The van der Waals surface area contributed by atoms with Crippen LogP contribution in [0, 0.1) is 46.7 Å². The Kier molecular flexibility index (Phi) is 10.1. The summed E-state index contributed by atoms with van der Waals surface area (Å²) in [7, 11) is 0. The third kappa shape index (κ3) is 8.23. The molecule has 1 aromatic heterocycles. The molecule has 0 aliphatic carbocycles. The maximum atomic E-state index is 14.9. The summed E-state index contributed by atoms with van der Waals surface area (Å²) >= 11 is 0. The number of aromatic nitrogens is 2. The van der Waals surface area contributed by atoms with Crippen molar-refractivity contribution in [1.82, 2.24) is 9.97 Å². The van der Waals surface area contributed by atoms with Gasteiger partial charge in [-0.3, -0.25) is 0 Å². The molecule has 242 valence electrons. The van der Waals surface area contributed by atoms with Crippen LogP contribution in [0.3, 0.4) is 0 Å². The summed E-state index contributed by atoms with van der Waals surface area (Å²) in [6.07, 6.45) is -3.63. The monoisotopic (exact) mass is 660 g/mol. The van der Waals surface area contributed by atoms with E-state index >= 15 is 0 Å². The van der Waals surface area contributed by atoms with Crippen LogP contribution in [0.1, 0.15) is 48.7 Å². The van der Waals surface area contributed by atoms with Gasteiger partial charge in [0.25, 0.3) is 0 Å². The Labute approximate surface area is 253 Å². The molecule has 0 bridgehead atoms. The minimum absolute atomic E-state index is 0.0584. The molecule has 0 saturated heterocycles. The van der Waals surface area contributed by atoms with Crippen molar-refractivity contribution in [3.05, 3.63) is 106 Å². The standard InChI is InChI=1S/C31H19F11N2O2/c1-2-3-4-5-17-14-43-26(44-15-17)7-6-16-8-20(32)27(21(33)9-16)18-10-22(34)28(23(35)11-18)30(38,39)45-19-12-24(36)29(25(37)13-19)46-31(40,41)42/h8-15H,2-5H2,1H3. The minimum atomic E-state index is -5.54. The highest BCUT2D eigenvalue weighted by atomic mass is 19.4. The molecule has 3 aromatic carbocycles. The average molecular weight is 660 g/mol. The van der Waals surface area contributed by atoms with Gasteiger partial charge in [-0.05, 0) is 54.2 Å². The van der Waals surface area contributed by atoms with Crippen molar-refractivity contribution in [2.75, 3.05) is 0 Å². The Morgan fingerprint density at radius 2 is 1.24 bits per heavy atom. The van der Waals surface area contributed by atoms with Crippen LogP contribution < -0.4 is 9.47 Å². The van der Waals surface area contributed by atoms with Crippen LogP contribution >= 0.6 is 0 Å². The molecule has 0 saturated carbocycles. The zero-order valence-corrected chi connectivity index (χ0v) is 23.3. The molecule has 1 heterocycles. The Hall–Kier alpha value is -4.87. The van der Waals surface area contributed by atoms with E-state index in [-0.39, 0.29) is 35.7 Å². The molecule has 0 N–H and O–H groups in total. The molecule has 0 spiro atoms. The number of alkyl halides is 5. The molecular weight excluding hydrogens is 641 g/mol. The number of halogens is 11. The van der Waals surface area contributed by atoms with Crippen molar-refractivity contribution in [2.45, 2.75) is 45.1 Å². The fraction of sp³-hybridized carbons (Fsp3) is 0.226. The second-order valence-electron chi connectivity index (χ2n) is 9.63. The molecule has 4 aromatic rings. The number of aryl methyl sites for hydroxylation is 1. The van der Waals surface area contributed by atoms with Crippen molar-refractivity contribution in [1.29, 1.82) is 0 Å². The second kappa shape index (κ2) is 13.6. The second-order valence-corrected chi connectivity index (χ2v) is 9.63. The number of ether oxygens (including phenoxy) is 2. The highest BCUT2D eigenvalue weighted by molar-refractivity contribution is 5.67. The third-order valence-corrected chi connectivity index (χ3v) is 6.19. The predicted octanol–water partition coefficient (Wildman–Crippen LogP) is 9.14. The average Bonchev–Trinajstić information content (AvgIpc) is 2.93. The van der Waals surface area contributed by atoms with Crippen LogP contribution in [0.5, 0.6) is 11.5 Å². The molecule has 0 aliphatic heterocycles. The van der Waals surface area contributed by atoms with E-state index in [1.807, 2.05) is 0 Å². The summed E-state index contributed by atoms with van der Waals surface area (Å²) < 4.78 is 161. The maximum Gasteiger partial charge on any atom is 0.573 e. The Bertz CT molecular complexity index is 1730. The minimum Gasteiger partial charge on any atom is -0.429 e.